The largest absolute Gasteiger partial charge is 0.472 e. The van der Waals surface area contributed by atoms with Crippen molar-refractivity contribution in [1.82, 2.24) is 39.0 Å². The molecule has 2 aliphatic heterocycles. The Balaban J connectivity index is 1.30. The summed E-state index contributed by atoms with van der Waals surface area (Å²) in [5.74, 6) is -1.36. The number of aliphatic hydroxyl groups is 4. The van der Waals surface area contributed by atoms with Gasteiger partial charge in [0.25, 0.3) is 5.56 Å². The summed E-state index contributed by atoms with van der Waals surface area (Å²) < 4.78 is 37.6. The number of nitrogens with two attached hydrogens (primary N) is 2. The lowest BCUT2D eigenvalue weighted by Crippen LogP contribution is -2.47. The maximum Gasteiger partial charge on any atom is 0.472 e. The van der Waals surface area contributed by atoms with Gasteiger partial charge >= 0.3 is 7.82 Å². The van der Waals surface area contributed by atoms with E-state index < -0.39 is 81.6 Å². The van der Waals surface area contributed by atoms with Crippen LogP contribution in [0.4, 0.5) is 11.8 Å². The van der Waals surface area contributed by atoms with Crippen molar-refractivity contribution in [3.63, 3.8) is 0 Å². The standard InChI is InChI=1S/C22H29N10O11P/c1-7-8(33)2-40-14-9(42-21(13(14)35)32-6-28-11-18(32)29-22(24)30-19(11)36)3-41-44(38,39)43-15(12(7)34)20(37)31-5-27-10-16(23)25-4-26-17(10)31/h4-9,12-15,20-21,33-35,37H,2-3H2,1H3,(H,38,39)(H2,23,25,26)(H3,24,29,30,36). The molecule has 0 radical (unpaired) electrons. The number of nitrogen functional groups attached to an aromatic ring is 2. The third kappa shape index (κ3) is 5.32. The van der Waals surface area contributed by atoms with Gasteiger partial charge in [-0.25, -0.2) is 24.5 Å². The SMILES string of the molecule is CC1C(O)COC2C(COP(=O)(O)OC(C(O)n3cnc4c(N)ncnc43)C1O)OC(n1cnc3c(=O)[nH]c(N)nc31)C2O. The van der Waals surface area contributed by atoms with Crippen molar-refractivity contribution in [2.45, 2.75) is 56.0 Å². The fourth-order valence-corrected chi connectivity index (χ4v) is 6.11. The molecule has 10 atom stereocenters. The van der Waals surface area contributed by atoms with Crippen molar-refractivity contribution in [1.29, 1.82) is 0 Å². The molecule has 2 saturated heterocycles. The second-order valence-electron chi connectivity index (χ2n) is 10.4. The summed E-state index contributed by atoms with van der Waals surface area (Å²) in [6, 6.07) is 0. The fraction of sp³-hybridized carbons (Fsp3) is 0.545. The van der Waals surface area contributed by atoms with E-state index in [-0.39, 0.29) is 34.1 Å². The van der Waals surface area contributed by atoms with E-state index in [2.05, 4.69) is 29.9 Å². The summed E-state index contributed by atoms with van der Waals surface area (Å²) in [6.45, 7) is 0.229. The molecule has 2 aliphatic rings. The van der Waals surface area contributed by atoms with Gasteiger partial charge in [0.05, 0.1) is 38.1 Å². The van der Waals surface area contributed by atoms with Crippen molar-refractivity contribution >= 4 is 41.9 Å². The molecule has 238 valence electrons. The molecule has 6 rings (SSSR count). The van der Waals surface area contributed by atoms with Gasteiger partial charge in [-0.05, 0) is 0 Å². The molecule has 0 aromatic carbocycles. The minimum Gasteiger partial charge on any atom is -0.390 e. The maximum atomic E-state index is 13.2. The van der Waals surface area contributed by atoms with Gasteiger partial charge in [-0.15, -0.1) is 0 Å². The summed E-state index contributed by atoms with van der Waals surface area (Å²) in [5, 5.41) is 44.5. The molecule has 6 heterocycles. The number of imidazole rings is 2. The monoisotopic (exact) mass is 640 g/mol. The topological polar surface area (TPSA) is 314 Å². The number of rotatable bonds is 3. The number of aromatic nitrogens is 8. The third-order valence-corrected chi connectivity index (χ3v) is 8.58. The predicted octanol–water partition coefficient (Wildman–Crippen LogP) is -2.87. The molecule has 22 heteroatoms. The molecule has 21 nitrogen and oxygen atoms in total. The van der Waals surface area contributed by atoms with Crippen molar-refractivity contribution in [2.75, 3.05) is 24.7 Å². The Morgan fingerprint density at radius 3 is 2.59 bits per heavy atom. The lowest BCUT2D eigenvalue weighted by atomic mass is 9.93. The van der Waals surface area contributed by atoms with Crippen LogP contribution in [0.1, 0.15) is 19.4 Å². The summed E-state index contributed by atoms with van der Waals surface area (Å²) >= 11 is 0. The van der Waals surface area contributed by atoms with Crippen LogP contribution in [-0.2, 0) is 23.1 Å². The average molecular weight is 641 g/mol. The van der Waals surface area contributed by atoms with E-state index in [9.17, 15) is 34.7 Å². The Hall–Kier alpha value is -3.63. The number of nitrogens with one attached hydrogen (secondary N) is 1. The molecule has 0 bridgehead atoms. The Morgan fingerprint density at radius 2 is 1.82 bits per heavy atom. The molecular formula is C22H29N10O11P. The number of nitrogens with zero attached hydrogens (tertiary/aromatic N) is 7. The third-order valence-electron chi connectivity index (χ3n) is 7.60. The molecule has 2 fully saturated rings. The Bertz CT molecular complexity index is 1780. The zero-order valence-corrected chi connectivity index (χ0v) is 23.7. The number of aromatic amines is 1. The van der Waals surface area contributed by atoms with Crippen molar-refractivity contribution in [3.8, 4) is 0 Å². The van der Waals surface area contributed by atoms with Gasteiger partial charge in [0.2, 0.25) is 5.95 Å². The highest BCUT2D eigenvalue weighted by atomic mass is 31.2. The Morgan fingerprint density at radius 1 is 1.07 bits per heavy atom. The van der Waals surface area contributed by atoms with Gasteiger partial charge in [-0.3, -0.25) is 28.0 Å². The van der Waals surface area contributed by atoms with Gasteiger partial charge < -0.3 is 46.3 Å². The van der Waals surface area contributed by atoms with Crippen LogP contribution in [0.15, 0.2) is 23.8 Å². The summed E-state index contributed by atoms with van der Waals surface area (Å²) in [7, 11) is -5.11. The lowest BCUT2D eigenvalue weighted by Gasteiger charge is -2.35. The number of ether oxygens (including phenoxy) is 2. The summed E-state index contributed by atoms with van der Waals surface area (Å²) in [6.07, 6.45) is -8.83. The molecule has 0 aliphatic carbocycles. The zero-order valence-electron chi connectivity index (χ0n) is 22.8. The van der Waals surface area contributed by atoms with E-state index in [1.54, 1.807) is 0 Å². The predicted molar refractivity (Wildman–Crippen MR) is 145 cm³/mol. The zero-order chi connectivity index (χ0) is 31.5. The Labute approximate surface area is 245 Å². The highest BCUT2D eigenvalue weighted by molar-refractivity contribution is 7.47. The quantitative estimate of drug-likeness (QED) is 0.104. The molecule has 10 unspecified atom stereocenters. The van der Waals surface area contributed by atoms with Gasteiger partial charge in [-0.1, -0.05) is 6.92 Å². The first-order chi connectivity index (χ1) is 20.9. The number of hydrogen-bond acceptors (Lipinski definition) is 17. The second-order valence-corrected chi connectivity index (χ2v) is 11.8. The first-order valence-corrected chi connectivity index (χ1v) is 14.7. The number of phosphoric acid groups is 1. The second kappa shape index (κ2) is 11.4. The lowest BCUT2D eigenvalue weighted by molar-refractivity contribution is -0.142. The van der Waals surface area contributed by atoms with Gasteiger partial charge in [-0.2, -0.15) is 4.98 Å². The van der Waals surface area contributed by atoms with Crippen molar-refractivity contribution in [3.05, 3.63) is 29.3 Å². The van der Waals surface area contributed by atoms with Crippen LogP contribution in [0.3, 0.4) is 0 Å². The average Bonchev–Trinajstić information content (AvgIpc) is 3.68. The first kappa shape index (κ1) is 30.4. The highest BCUT2D eigenvalue weighted by Gasteiger charge is 2.49. The molecule has 4 aromatic rings. The van der Waals surface area contributed by atoms with E-state index in [1.165, 1.54) is 17.8 Å². The summed E-state index contributed by atoms with van der Waals surface area (Å²) in [4.78, 5) is 45.1. The van der Waals surface area contributed by atoms with E-state index >= 15 is 0 Å². The van der Waals surface area contributed by atoms with E-state index in [1.807, 2.05) is 0 Å². The van der Waals surface area contributed by atoms with Crippen LogP contribution in [0.5, 0.6) is 0 Å². The number of fused-ring (bicyclic) bond motifs is 3. The van der Waals surface area contributed by atoms with E-state index in [0.29, 0.717) is 0 Å². The Kier molecular flexibility index (Phi) is 7.86. The highest BCUT2D eigenvalue weighted by Crippen LogP contribution is 2.48. The molecule has 0 amide bonds. The minimum atomic E-state index is -5.11. The maximum absolute atomic E-state index is 13.2. The fourth-order valence-electron chi connectivity index (χ4n) is 5.17. The number of phosphoric ester groups is 1. The van der Waals surface area contributed by atoms with Crippen LogP contribution in [0, 0.1) is 5.92 Å². The molecule has 44 heavy (non-hydrogen) atoms. The number of anilines is 2. The van der Waals surface area contributed by atoms with E-state index in [0.717, 1.165) is 17.2 Å². The van der Waals surface area contributed by atoms with Crippen LogP contribution in [0.2, 0.25) is 0 Å². The number of aliphatic hydroxyl groups excluding tert-OH is 4. The molecule has 0 spiro atoms. The van der Waals surface area contributed by atoms with Crippen LogP contribution >= 0.6 is 7.82 Å². The molecule has 4 aromatic heterocycles. The molecule has 10 N–H and O–H groups in total. The van der Waals surface area contributed by atoms with Gasteiger partial charge in [0.15, 0.2) is 35.1 Å². The van der Waals surface area contributed by atoms with Gasteiger partial charge in [0.1, 0.15) is 36.3 Å². The summed E-state index contributed by atoms with van der Waals surface area (Å²) in [5.41, 5.74) is 10.9. The smallest absolute Gasteiger partial charge is 0.390 e. The number of hydrogen-bond donors (Lipinski definition) is 8. The first-order valence-electron chi connectivity index (χ1n) is 13.2. The molecular weight excluding hydrogens is 611 g/mol. The number of H-pyrrole nitrogens is 1. The van der Waals surface area contributed by atoms with Gasteiger partial charge in [0, 0.05) is 5.92 Å². The normalized spacial score (nSPS) is 34.4. The van der Waals surface area contributed by atoms with Crippen molar-refractivity contribution in [2.24, 2.45) is 5.92 Å². The van der Waals surface area contributed by atoms with Crippen LogP contribution in [0.25, 0.3) is 22.3 Å². The van der Waals surface area contributed by atoms with Crippen molar-refractivity contribution < 1.29 is 48.4 Å². The minimum absolute atomic E-state index is 0.000406. The van der Waals surface area contributed by atoms with E-state index in [4.69, 9.17) is 30.0 Å². The van der Waals surface area contributed by atoms with Crippen LogP contribution in [-0.4, -0.2) is 114 Å². The van der Waals surface area contributed by atoms with Crippen LogP contribution < -0.4 is 17.0 Å². The molecule has 0 saturated carbocycles.